The highest BCUT2D eigenvalue weighted by atomic mass is 16.6. The summed E-state index contributed by atoms with van der Waals surface area (Å²) < 4.78 is 5.44. The summed E-state index contributed by atoms with van der Waals surface area (Å²) in [6.45, 7) is 0.150. The average molecular weight is 219 g/mol. The smallest absolute Gasteiger partial charge is 0.204 e. The van der Waals surface area contributed by atoms with Gasteiger partial charge in [-0.05, 0) is 11.6 Å². The zero-order valence-corrected chi connectivity index (χ0v) is 8.63. The van der Waals surface area contributed by atoms with Gasteiger partial charge in [-0.25, -0.2) is 0 Å². The SMILES string of the molecule is [N-]=C1c2ccccc2OCC1CC[N+](=O)[O-]. The molecule has 1 aromatic rings. The van der Waals surface area contributed by atoms with Crippen LogP contribution < -0.4 is 4.74 Å². The Kier molecular flexibility index (Phi) is 2.85. The first kappa shape index (κ1) is 10.6. The summed E-state index contributed by atoms with van der Waals surface area (Å²) in [5.74, 6) is 0.359. The van der Waals surface area contributed by atoms with Crippen LogP contribution in [0.5, 0.6) is 5.75 Å². The molecular weight excluding hydrogens is 208 g/mol. The fraction of sp³-hybridized carbons (Fsp3) is 0.364. The molecular formula is C11H11N2O3-. The van der Waals surface area contributed by atoms with Crippen LogP contribution in [0.15, 0.2) is 24.3 Å². The fourth-order valence-electron chi connectivity index (χ4n) is 1.77. The van der Waals surface area contributed by atoms with Crippen LogP contribution in [0.25, 0.3) is 5.41 Å². The highest BCUT2D eigenvalue weighted by Gasteiger charge is 2.21. The molecule has 84 valence electrons. The number of rotatable bonds is 3. The first-order chi connectivity index (χ1) is 7.68. The van der Waals surface area contributed by atoms with Crippen molar-refractivity contribution in [3.8, 4) is 5.75 Å². The van der Waals surface area contributed by atoms with Crippen LogP contribution in [0.4, 0.5) is 0 Å². The number of hydrogen-bond donors (Lipinski definition) is 0. The molecule has 5 heteroatoms. The molecule has 0 saturated carbocycles. The van der Waals surface area contributed by atoms with Gasteiger partial charge in [0.05, 0.1) is 6.61 Å². The van der Waals surface area contributed by atoms with E-state index in [9.17, 15) is 15.5 Å². The van der Waals surface area contributed by atoms with Crippen molar-refractivity contribution in [3.63, 3.8) is 0 Å². The highest BCUT2D eigenvalue weighted by molar-refractivity contribution is 6.07. The Morgan fingerprint density at radius 1 is 1.50 bits per heavy atom. The second kappa shape index (κ2) is 4.30. The van der Waals surface area contributed by atoms with E-state index in [2.05, 4.69) is 0 Å². The van der Waals surface area contributed by atoms with Crippen molar-refractivity contribution in [2.75, 3.05) is 13.2 Å². The molecule has 0 radical (unpaired) electrons. The molecule has 1 unspecified atom stereocenters. The minimum absolute atomic E-state index is 0.153. The largest absolute Gasteiger partial charge is 0.807 e. The van der Waals surface area contributed by atoms with Gasteiger partial charge in [-0.1, -0.05) is 18.2 Å². The van der Waals surface area contributed by atoms with E-state index in [-0.39, 0.29) is 23.1 Å². The quantitative estimate of drug-likeness (QED) is 0.573. The van der Waals surface area contributed by atoms with Crippen LogP contribution in [-0.2, 0) is 0 Å². The molecule has 1 aliphatic rings. The topological polar surface area (TPSA) is 74.7 Å². The van der Waals surface area contributed by atoms with Crippen LogP contribution in [0.2, 0.25) is 0 Å². The molecule has 5 nitrogen and oxygen atoms in total. The molecule has 0 spiro atoms. The van der Waals surface area contributed by atoms with Gasteiger partial charge in [-0.15, -0.1) is 0 Å². The third-order valence-electron chi connectivity index (χ3n) is 2.65. The summed E-state index contributed by atoms with van der Waals surface area (Å²) >= 11 is 0. The lowest BCUT2D eigenvalue weighted by atomic mass is 9.92. The summed E-state index contributed by atoms with van der Waals surface area (Å²) in [6, 6.07) is 7.15. The van der Waals surface area contributed by atoms with Crippen molar-refractivity contribution in [2.24, 2.45) is 5.92 Å². The van der Waals surface area contributed by atoms with Crippen molar-refractivity contribution in [1.29, 1.82) is 0 Å². The molecule has 0 amide bonds. The van der Waals surface area contributed by atoms with Gasteiger partial charge in [0.25, 0.3) is 0 Å². The zero-order valence-electron chi connectivity index (χ0n) is 8.63. The molecule has 0 aliphatic carbocycles. The molecule has 1 heterocycles. The van der Waals surface area contributed by atoms with Crippen LogP contribution in [-0.4, -0.2) is 23.8 Å². The number of benzene rings is 1. The summed E-state index contributed by atoms with van der Waals surface area (Å²) in [6.07, 6.45) is 0.299. The molecule has 2 rings (SSSR count). The lowest BCUT2D eigenvalue weighted by molar-refractivity contribution is -0.481. The van der Waals surface area contributed by atoms with Crippen LogP contribution in [0.3, 0.4) is 0 Å². The standard InChI is InChI=1S/C11H11N2O3/c12-11-8(5-6-13(14)15)7-16-10-4-2-1-3-9(10)11/h1-4,8H,5-7H2/q-1. The van der Waals surface area contributed by atoms with Crippen molar-refractivity contribution in [2.45, 2.75) is 6.42 Å². The molecule has 0 N–H and O–H groups in total. The first-order valence-electron chi connectivity index (χ1n) is 5.08. The Morgan fingerprint density at radius 2 is 2.25 bits per heavy atom. The van der Waals surface area contributed by atoms with Crippen LogP contribution in [0, 0.1) is 16.0 Å². The highest BCUT2D eigenvalue weighted by Crippen LogP contribution is 2.28. The molecule has 1 atom stereocenters. The Bertz CT molecular complexity index is 431. The minimum atomic E-state index is -0.381. The van der Waals surface area contributed by atoms with Gasteiger partial charge >= 0.3 is 0 Å². The molecule has 0 saturated heterocycles. The summed E-state index contributed by atoms with van der Waals surface area (Å²) in [5.41, 5.74) is 0.839. The van der Waals surface area contributed by atoms with E-state index in [1.165, 1.54) is 0 Å². The van der Waals surface area contributed by atoms with Gasteiger partial charge in [0, 0.05) is 17.3 Å². The Hall–Kier alpha value is -1.91. The van der Waals surface area contributed by atoms with E-state index in [4.69, 9.17) is 4.74 Å². The van der Waals surface area contributed by atoms with Crippen molar-refractivity contribution in [1.82, 2.24) is 0 Å². The predicted molar refractivity (Wildman–Crippen MR) is 59.4 cm³/mol. The van der Waals surface area contributed by atoms with Crippen molar-refractivity contribution in [3.05, 3.63) is 45.4 Å². The third-order valence-corrected chi connectivity index (χ3v) is 2.65. The zero-order chi connectivity index (χ0) is 11.5. The summed E-state index contributed by atoms with van der Waals surface area (Å²) in [5, 5.41) is 20.2. The first-order valence-corrected chi connectivity index (χ1v) is 5.08. The van der Waals surface area contributed by atoms with Crippen LogP contribution >= 0.6 is 0 Å². The van der Waals surface area contributed by atoms with Gasteiger partial charge < -0.3 is 10.1 Å². The third kappa shape index (κ3) is 2.03. The van der Waals surface area contributed by atoms with Crippen molar-refractivity contribution < 1.29 is 9.66 Å². The summed E-state index contributed by atoms with van der Waals surface area (Å²) in [7, 11) is 0. The maximum Gasteiger partial charge on any atom is 0.204 e. The van der Waals surface area contributed by atoms with Crippen LogP contribution in [0.1, 0.15) is 12.0 Å². The van der Waals surface area contributed by atoms with Crippen molar-refractivity contribution >= 4 is 5.71 Å². The lowest BCUT2D eigenvalue weighted by Crippen LogP contribution is -2.29. The Labute approximate surface area is 92.7 Å². The molecule has 0 bridgehead atoms. The van der Waals surface area contributed by atoms with Gasteiger partial charge in [0.2, 0.25) is 6.54 Å². The second-order valence-corrected chi connectivity index (χ2v) is 3.73. The van der Waals surface area contributed by atoms with Gasteiger partial charge in [0.1, 0.15) is 5.75 Å². The summed E-state index contributed by atoms with van der Waals surface area (Å²) in [4.78, 5) is 9.89. The average Bonchev–Trinajstić information content (AvgIpc) is 2.28. The minimum Gasteiger partial charge on any atom is -0.807 e. The van der Waals surface area contributed by atoms with E-state index >= 15 is 0 Å². The van der Waals surface area contributed by atoms with Gasteiger partial charge in [-0.2, -0.15) is 5.71 Å². The fourth-order valence-corrected chi connectivity index (χ4v) is 1.77. The Morgan fingerprint density at radius 3 is 3.00 bits per heavy atom. The van der Waals surface area contributed by atoms with Gasteiger partial charge in [-0.3, -0.25) is 10.1 Å². The van der Waals surface area contributed by atoms with E-state index in [1.54, 1.807) is 18.2 Å². The van der Waals surface area contributed by atoms with E-state index in [0.717, 1.165) is 0 Å². The Balaban J connectivity index is 2.12. The maximum absolute atomic E-state index is 10.3. The maximum atomic E-state index is 10.3. The number of nitro groups is 1. The number of ether oxygens (including phenoxy) is 1. The second-order valence-electron chi connectivity index (χ2n) is 3.73. The number of para-hydroxylation sites is 1. The number of nitrogens with zero attached hydrogens (tertiary/aromatic N) is 2. The predicted octanol–water partition coefficient (Wildman–Crippen LogP) is 1.72. The normalized spacial score (nSPS) is 18.8. The van der Waals surface area contributed by atoms with E-state index in [0.29, 0.717) is 24.3 Å². The number of fused-ring (bicyclic) bond motifs is 1. The van der Waals surface area contributed by atoms with Gasteiger partial charge in [0.15, 0.2) is 0 Å². The molecule has 1 aliphatic heterocycles. The van der Waals surface area contributed by atoms with E-state index in [1.807, 2.05) is 6.07 Å². The van der Waals surface area contributed by atoms with E-state index < -0.39 is 0 Å². The monoisotopic (exact) mass is 219 g/mol. The molecule has 16 heavy (non-hydrogen) atoms. The number of hydrogen-bond acceptors (Lipinski definition) is 3. The molecule has 0 fully saturated rings. The molecule has 0 aromatic heterocycles. The molecule has 1 aromatic carbocycles. The lowest BCUT2D eigenvalue weighted by Gasteiger charge is -2.31.